The van der Waals surface area contributed by atoms with Crippen LogP contribution >= 0.6 is 0 Å². The van der Waals surface area contributed by atoms with E-state index in [1.165, 1.54) is 6.92 Å². The monoisotopic (exact) mass is 908 g/mol. The van der Waals surface area contributed by atoms with E-state index in [0.29, 0.717) is 0 Å². The van der Waals surface area contributed by atoms with Crippen LogP contribution in [0.5, 0.6) is 0 Å². The van der Waals surface area contributed by atoms with E-state index in [9.17, 15) is 47.9 Å². The van der Waals surface area contributed by atoms with Gasteiger partial charge in [-0.2, -0.15) is 0 Å². The van der Waals surface area contributed by atoms with Crippen LogP contribution in [0.25, 0.3) is 0 Å². The highest BCUT2D eigenvalue weighted by Crippen LogP contribution is 2.38. The molecule has 3 heterocycles. The van der Waals surface area contributed by atoms with Crippen LogP contribution in [0.4, 0.5) is 0 Å². The maximum Gasteiger partial charge on any atom is 0.305 e. The quantitative estimate of drug-likeness (QED) is 0.135. The molecule has 0 spiro atoms. The van der Waals surface area contributed by atoms with Crippen molar-refractivity contribution >= 4 is 59.7 Å². The molecule has 25 heteroatoms. The molecule has 15 atom stereocenters. The molecule has 3 aliphatic heterocycles. The molecule has 354 valence electrons. The summed E-state index contributed by atoms with van der Waals surface area (Å²) >= 11 is 0. The van der Waals surface area contributed by atoms with Crippen LogP contribution in [0.1, 0.15) is 76.2 Å². The summed E-state index contributed by atoms with van der Waals surface area (Å²) in [6.07, 6.45) is -26.0. The number of carbonyl (C=O) groups excluding carboxylic acids is 10. The summed E-state index contributed by atoms with van der Waals surface area (Å²) in [5.41, 5.74) is 0. The summed E-state index contributed by atoms with van der Waals surface area (Å²) in [6.45, 7) is 9.99. The molecule has 0 N–H and O–H groups in total. The maximum absolute atomic E-state index is 12.9. The van der Waals surface area contributed by atoms with Gasteiger partial charge in [0.15, 0.2) is 55.3 Å². The van der Waals surface area contributed by atoms with Gasteiger partial charge in [0.05, 0.1) is 6.10 Å². The number of carbonyl (C=O) groups is 10. The molecule has 3 aliphatic rings. The van der Waals surface area contributed by atoms with Gasteiger partial charge in [-0.25, -0.2) is 0 Å². The van der Waals surface area contributed by atoms with Gasteiger partial charge in [-0.15, -0.1) is 0 Å². The van der Waals surface area contributed by atoms with Crippen LogP contribution in [0.15, 0.2) is 0 Å². The van der Waals surface area contributed by atoms with E-state index in [2.05, 4.69) is 0 Å². The minimum absolute atomic E-state index is 0.709. The summed E-state index contributed by atoms with van der Waals surface area (Å²) < 4.78 is 85.4. The second kappa shape index (κ2) is 23.3. The lowest BCUT2D eigenvalue weighted by atomic mass is 9.95. The average Bonchev–Trinajstić information content (AvgIpc) is 3.12. The Bertz CT molecular complexity index is 1710. The Morgan fingerprint density at radius 2 is 0.619 bits per heavy atom. The molecule has 0 aliphatic carbocycles. The molecule has 0 saturated carbocycles. The molecule has 63 heavy (non-hydrogen) atoms. The third-order valence-corrected chi connectivity index (χ3v) is 8.79. The van der Waals surface area contributed by atoms with Crippen LogP contribution in [0.2, 0.25) is 0 Å². The molecule has 0 amide bonds. The number of ether oxygens (including phenoxy) is 15. The Labute approximate surface area is 360 Å². The maximum atomic E-state index is 12.9. The van der Waals surface area contributed by atoms with Crippen molar-refractivity contribution in [3.8, 4) is 0 Å². The fourth-order valence-electron chi connectivity index (χ4n) is 6.79. The van der Waals surface area contributed by atoms with Crippen molar-refractivity contribution in [3.05, 3.63) is 0 Å². The lowest BCUT2D eigenvalue weighted by Gasteiger charge is -2.50. The first-order valence-corrected chi connectivity index (χ1v) is 19.3. The molecule has 3 saturated heterocycles. The number of hydrogen-bond acceptors (Lipinski definition) is 25. The van der Waals surface area contributed by atoms with Crippen molar-refractivity contribution in [2.75, 3.05) is 13.2 Å². The summed E-state index contributed by atoms with van der Waals surface area (Å²) in [6, 6.07) is 0. The molecular weight excluding hydrogens is 856 g/mol. The van der Waals surface area contributed by atoms with Gasteiger partial charge in [0.25, 0.3) is 0 Å². The van der Waals surface area contributed by atoms with Crippen molar-refractivity contribution in [1.82, 2.24) is 0 Å². The minimum atomic E-state index is -2.05. The molecule has 3 fully saturated rings. The summed E-state index contributed by atoms with van der Waals surface area (Å²) in [5.74, 6) is -9.38. The van der Waals surface area contributed by atoms with Gasteiger partial charge in [0.1, 0.15) is 31.5 Å². The summed E-state index contributed by atoms with van der Waals surface area (Å²) in [4.78, 5) is 124. The van der Waals surface area contributed by atoms with Crippen molar-refractivity contribution in [3.63, 3.8) is 0 Å². The second-order valence-corrected chi connectivity index (χ2v) is 14.2. The van der Waals surface area contributed by atoms with E-state index in [1.54, 1.807) is 0 Å². The van der Waals surface area contributed by atoms with Crippen molar-refractivity contribution < 1.29 is 119 Å². The van der Waals surface area contributed by atoms with Crippen LogP contribution in [-0.4, -0.2) is 165 Å². The summed E-state index contributed by atoms with van der Waals surface area (Å²) in [5, 5.41) is 0. The predicted molar refractivity (Wildman–Crippen MR) is 195 cm³/mol. The molecule has 0 bridgehead atoms. The Balaban J connectivity index is 2.35. The zero-order valence-electron chi connectivity index (χ0n) is 36.3. The number of hydrogen-bond donors (Lipinski definition) is 0. The van der Waals surface area contributed by atoms with E-state index in [1.807, 2.05) is 0 Å². The lowest BCUT2D eigenvalue weighted by Crippen LogP contribution is -2.69. The summed E-state index contributed by atoms with van der Waals surface area (Å²) in [7, 11) is 0. The molecule has 0 aromatic rings. The average molecular weight is 909 g/mol. The highest BCUT2D eigenvalue weighted by molar-refractivity contribution is 5.70. The Morgan fingerprint density at radius 1 is 0.317 bits per heavy atom. The molecule has 1 unspecified atom stereocenters. The molecule has 0 radical (unpaired) electrons. The van der Waals surface area contributed by atoms with Gasteiger partial charge in [0.2, 0.25) is 12.4 Å². The predicted octanol–water partition coefficient (Wildman–Crippen LogP) is -0.837. The van der Waals surface area contributed by atoms with Crippen LogP contribution in [-0.2, 0) is 119 Å². The first-order valence-electron chi connectivity index (χ1n) is 19.3. The van der Waals surface area contributed by atoms with Gasteiger partial charge >= 0.3 is 59.7 Å². The first-order chi connectivity index (χ1) is 29.4. The highest BCUT2D eigenvalue weighted by atomic mass is 16.8. The normalized spacial score (nSPS) is 32.6. The van der Waals surface area contributed by atoms with Crippen LogP contribution < -0.4 is 0 Å². The Morgan fingerprint density at radius 3 is 1.05 bits per heavy atom. The largest absolute Gasteiger partial charge is 0.463 e. The van der Waals surface area contributed by atoms with E-state index in [4.69, 9.17) is 71.1 Å². The topological polar surface area (TPSA) is 309 Å². The molecular formula is C38H52O25. The molecule has 3 rings (SSSR count). The first kappa shape index (κ1) is 51.8. The third-order valence-electron chi connectivity index (χ3n) is 8.79. The van der Waals surface area contributed by atoms with Gasteiger partial charge < -0.3 is 71.1 Å². The lowest BCUT2D eigenvalue weighted by molar-refractivity contribution is -0.386. The Kier molecular flexibility index (Phi) is 19.1. The van der Waals surface area contributed by atoms with Gasteiger partial charge in [-0.1, -0.05) is 0 Å². The molecule has 0 aromatic carbocycles. The third kappa shape index (κ3) is 15.4. The van der Waals surface area contributed by atoms with Gasteiger partial charge in [-0.3, -0.25) is 47.9 Å². The van der Waals surface area contributed by atoms with Crippen LogP contribution in [0, 0.1) is 0 Å². The molecule has 25 nitrogen and oxygen atoms in total. The minimum Gasteiger partial charge on any atom is -0.463 e. The van der Waals surface area contributed by atoms with Crippen molar-refractivity contribution in [2.24, 2.45) is 0 Å². The zero-order chi connectivity index (χ0) is 47.5. The zero-order valence-corrected chi connectivity index (χ0v) is 36.3. The second-order valence-electron chi connectivity index (χ2n) is 14.2. The van der Waals surface area contributed by atoms with Crippen molar-refractivity contribution in [2.45, 2.75) is 168 Å². The van der Waals surface area contributed by atoms with E-state index in [-0.39, 0.29) is 0 Å². The Hall–Kier alpha value is -5.50. The molecule has 0 aromatic heterocycles. The van der Waals surface area contributed by atoms with Gasteiger partial charge in [0, 0.05) is 69.2 Å². The standard InChI is InChI=1S/C38H52O25/c1-14-27(52-17(4)41)30(54-19(6)43)33(57-22(9)46)36(51-14)63-35-31(55-20(7)44)28(53-18(5)42)25(12-49-15(2)39)61-38(35)62-29-26(13-50-16(3)40)60-37(59-24(11)48)34(58-23(10)47)32(29)56-21(8)45/h14,25-38H,12-13H2,1-11H3/t14-,25+,26+,27+,28-,29+,30+,31-,32-,33-,34+,35+,36-,37?,38-/m0/s1. The fourth-order valence-corrected chi connectivity index (χ4v) is 6.79. The smallest absolute Gasteiger partial charge is 0.305 e. The van der Waals surface area contributed by atoms with Crippen molar-refractivity contribution in [1.29, 1.82) is 0 Å². The van der Waals surface area contributed by atoms with E-state index < -0.39 is 165 Å². The number of rotatable bonds is 16. The van der Waals surface area contributed by atoms with Gasteiger partial charge in [-0.05, 0) is 6.92 Å². The van der Waals surface area contributed by atoms with E-state index in [0.717, 1.165) is 69.2 Å². The highest BCUT2D eigenvalue weighted by Gasteiger charge is 2.60. The van der Waals surface area contributed by atoms with E-state index >= 15 is 0 Å². The van der Waals surface area contributed by atoms with Crippen LogP contribution in [0.3, 0.4) is 0 Å². The number of esters is 10. The SMILES string of the molecule is CC(=O)OC[C@H]1O[C@@H](O[C@H]2[C@H](OC(C)=O)[C@@H](OC(C)=O)C(OC(C)=O)O[C@@H]2COC(C)=O)[C@H](O[C@@H]2O[C@@H](C)[C@@H](OC(C)=O)[C@@H](OC(C)=O)[C@@H]2OC(C)=O)[C@@H](OC(C)=O)[C@H]1OC(C)=O. The fraction of sp³-hybridized carbons (Fsp3) is 0.737.